The smallest absolute Gasteiger partial charge is 0.244 e. The Kier molecular flexibility index (Phi) is 4.56. The molecule has 5 nitrogen and oxygen atoms in total. The van der Waals surface area contributed by atoms with Crippen LogP contribution in [0.3, 0.4) is 0 Å². The summed E-state index contributed by atoms with van der Waals surface area (Å²) in [6.45, 7) is 9.48. The quantitative estimate of drug-likeness (QED) is 0.873. The fourth-order valence-electron chi connectivity index (χ4n) is 2.72. The van der Waals surface area contributed by atoms with Crippen LogP contribution in [-0.4, -0.2) is 36.3 Å². The molecule has 2 heterocycles. The fourth-order valence-corrected chi connectivity index (χ4v) is 4.50. The Balaban J connectivity index is 2.14. The highest BCUT2D eigenvalue weighted by molar-refractivity contribution is 7.89. The van der Waals surface area contributed by atoms with Gasteiger partial charge in [-0.3, -0.25) is 0 Å². The number of hydrogen-bond donors (Lipinski definition) is 2. The van der Waals surface area contributed by atoms with Crippen LogP contribution in [0.5, 0.6) is 0 Å². The van der Waals surface area contributed by atoms with Crippen molar-refractivity contribution in [2.45, 2.75) is 57.6 Å². The van der Waals surface area contributed by atoms with Gasteiger partial charge in [0.25, 0.3) is 0 Å². The van der Waals surface area contributed by atoms with Crippen LogP contribution in [0.2, 0.25) is 0 Å². The van der Waals surface area contributed by atoms with Crippen LogP contribution in [0.1, 0.15) is 39.8 Å². The molecule has 0 amide bonds. The van der Waals surface area contributed by atoms with Gasteiger partial charge in [0.2, 0.25) is 10.0 Å². The molecule has 0 spiro atoms. The van der Waals surface area contributed by atoms with Crippen molar-refractivity contribution in [1.29, 1.82) is 0 Å². The molecule has 2 N–H and O–H groups in total. The predicted octanol–water partition coefficient (Wildman–Crippen LogP) is 1.93. The van der Waals surface area contributed by atoms with E-state index in [0.717, 1.165) is 12.1 Å². The summed E-state index contributed by atoms with van der Waals surface area (Å²) in [5.74, 6) is 0.431. The summed E-state index contributed by atoms with van der Waals surface area (Å²) in [4.78, 5) is 3.42. The van der Waals surface area contributed by atoms with Crippen molar-refractivity contribution in [2.75, 3.05) is 6.54 Å². The van der Waals surface area contributed by atoms with Crippen LogP contribution in [0.25, 0.3) is 0 Å². The summed E-state index contributed by atoms with van der Waals surface area (Å²) in [6.07, 6.45) is 2.54. The van der Waals surface area contributed by atoms with Crippen LogP contribution in [0.15, 0.2) is 17.2 Å². The van der Waals surface area contributed by atoms with E-state index in [-0.39, 0.29) is 6.04 Å². The minimum Gasteiger partial charge on any atom is -0.363 e. The number of sulfonamides is 1. The standard InChI is InChI=1S/C14H25N3O2S/c1-10(2)15-7-13-6-14(8-16-13)20(18,19)17-9-11(3)5-12(17)4/h6,8,10-12,15-16H,5,7,9H2,1-4H3. The molecule has 0 bridgehead atoms. The molecular formula is C14H25N3O2S. The molecule has 0 saturated carbocycles. The maximum atomic E-state index is 12.6. The van der Waals surface area contributed by atoms with Gasteiger partial charge in [-0.1, -0.05) is 20.8 Å². The van der Waals surface area contributed by atoms with Crippen LogP contribution in [0.4, 0.5) is 0 Å². The Morgan fingerprint density at radius 1 is 1.45 bits per heavy atom. The van der Waals surface area contributed by atoms with Crippen LogP contribution in [0, 0.1) is 5.92 Å². The lowest BCUT2D eigenvalue weighted by atomic mass is 10.1. The number of aromatic nitrogens is 1. The van der Waals surface area contributed by atoms with Crippen LogP contribution >= 0.6 is 0 Å². The van der Waals surface area contributed by atoms with E-state index in [1.165, 1.54) is 0 Å². The van der Waals surface area contributed by atoms with Gasteiger partial charge < -0.3 is 10.3 Å². The van der Waals surface area contributed by atoms with Gasteiger partial charge in [-0.2, -0.15) is 4.31 Å². The van der Waals surface area contributed by atoms with Crippen molar-refractivity contribution >= 4 is 10.0 Å². The summed E-state index contributed by atoms with van der Waals surface area (Å²) in [5.41, 5.74) is 0.900. The normalized spacial score (nSPS) is 24.6. The molecule has 1 aromatic rings. The van der Waals surface area contributed by atoms with Crippen LogP contribution in [-0.2, 0) is 16.6 Å². The molecule has 0 aromatic carbocycles. The molecule has 0 radical (unpaired) electrons. The zero-order chi connectivity index (χ0) is 14.9. The fraction of sp³-hybridized carbons (Fsp3) is 0.714. The Morgan fingerprint density at radius 2 is 2.15 bits per heavy atom. The number of hydrogen-bond acceptors (Lipinski definition) is 3. The Hall–Kier alpha value is -0.850. The van der Waals surface area contributed by atoms with E-state index < -0.39 is 10.0 Å². The second-order valence-electron chi connectivity index (χ2n) is 6.16. The van der Waals surface area contributed by atoms with Gasteiger partial charge in [-0.25, -0.2) is 8.42 Å². The second kappa shape index (κ2) is 5.87. The third-order valence-corrected chi connectivity index (χ3v) is 5.71. The molecule has 1 aliphatic heterocycles. The molecule has 1 aliphatic rings. The summed E-state index contributed by atoms with van der Waals surface area (Å²) >= 11 is 0. The van der Waals surface area contributed by atoms with Crippen molar-refractivity contribution in [3.63, 3.8) is 0 Å². The Bertz CT molecular complexity index is 551. The zero-order valence-electron chi connectivity index (χ0n) is 12.7. The van der Waals surface area contributed by atoms with Gasteiger partial charge in [0.1, 0.15) is 0 Å². The molecular weight excluding hydrogens is 274 g/mol. The lowest BCUT2D eigenvalue weighted by Crippen LogP contribution is -2.33. The summed E-state index contributed by atoms with van der Waals surface area (Å²) in [7, 11) is -3.36. The average molecular weight is 299 g/mol. The van der Waals surface area contributed by atoms with Crippen molar-refractivity contribution in [3.8, 4) is 0 Å². The van der Waals surface area contributed by atoms with Crippen molar-refractivity contribution < 1.29 is 8.42 Å². The van der Waals surface area contributed by atoms with Gasteiger partial charge in [0, 0.05) is 37.1 Å². The van der Waals surface area contributed by atoms with Crippen molar-refractivity contribution in [1.82, 2.24) is 14.6 Å². The minimum atomic E-state index is -3.36. The highest BCUT2D eigenvalue weighted by Gasteiger charge is 2.36. The van der Waals surface area contributed by atoms with Gasteiger partial charge in [0.15, 0.2) is 0 Å². The first kappa shape index (κ1) is 15.5. The SMILES string of the molecule is CC1CC(C)N(S(=O)(=O)c2c[nH]c(CNC(C)C)c2)C1. The van der Waals surface area contributed by atoms with Gasteiger partial charge in [0.05, 0.1) is 4.90 Å². The first-order valence-corrected chi connectivity index (χ1v) is 8.67. The Labute approximate surface area is 121 Å². The molecule has 6 heteroatoms. The second-order valence-corrected chi connectivity index (χ2v) is 8.05. The molecule has 1 saturated heterocycles. The van der Waals surface area contributed by atoms with Crippen LogP contribution < -0.4 is 5.32 Å². The Morgan fingerprint density at radius 3 is 2.70 bits per heavy atom. The number of H-pyrrole nitrogens is 1. The summed E-state index contributed by atoms with van der Waals surface area (Å²) in [5, 5.41) is 3.27. The topological polar surface area (TPSA) is 65.2 Å². The van der Waals surface area contributed by atoms with Gasteiger partial charge >= 0.3 is 0 Å². The molecule has 2 rings (SSSR count). The van der Waals surface area contributed by atoms with E-state index in [0.29, 0.717) is 29.9 Å². The van der Waals surface area contributed by atoms with E-state index in [2.05, 4.69) is 31.1 Å². The maximum Gasteiger partial charge on any atom is 0.244 e. The molecule has 114 valence electrons. The van der Waals surface area contributed by atoms with E-state index >= 15 is 0 Å². The zero-order valence-corrected chi connectivity index (χ0v) is 13.5. The highest BCUT2D eigenvalue weighted by atomic mass is 32.2. The average Bonchev–Trinajstić information content (AvgIpc) is 2.93. The van der Waals surface area contributed by atoms with Gasteiger partial charge in [-0.05, 0) is 25.3 Å². The first-order valence-electron chi connectivity index (χ1n) is 7.23. The minimum absolute atomic E-state index is 0.0853. The molecule has 2 unspecified atom stereocenters. The van der Waals surface area contributed by atoms with E-state index in [4.69, 9.17) is 0 Å². The summed E-state index contributed by atoms with van der Waals surface area (Å²) < 4.78 is 26.9. The molecule has 2 atom stereocenters. The van der Waals surface area contributed by atoms with Gasteiger partial charge in [-0.15, -0.1) is 0 Å². The van der Waals surface area contributed by atoms with Crippen molar-refractivity contribution in [2.24, 2.45) is 5.92 Å². The van der Waals surface area contributed by atoms with Crippen molar-refractivity contribution in [3.05, 3.63) is 18.0 Å². The maximum absolute atomic E-state index is 12.6. The molecule has 1 aromatic heterocycles. The number of rotatable bonds is 5. The van der Waals surface area contributed by atoms with E-state index in [1.807, 2.05) is 6.92 Å². The third-order valence-electron chi connectivity index (χ3n) is 3.75. The highest BCUT2D eigenvalue weighted by Crippen LogP contribution is 2.29. The lowest BCUT2D eigenvalue weighted by Gasteiger charge is -2.20. The molecule has 0 aliphatic carbocycles. The third kappa shape index (κ3) is 3.24. The van der Waals surface area contributed by atoms with E-state index in [1.54, 1.807) is 16.6 Å². The number of nitrogens with one attached hydrogen (secondary N) is 2. The predicted molar refractivity (Wildman–Crippen MR) is 79.9 cm³/mol. The first-order chi connectivity index (χ1) is 9.30. The monoisotopic (exact) mass is 299 g/mol. The lowest BCUT2D eigenvalue weighted by molar-refractivity contribution is 0.405. The summed E-state index contributed by atoms with van der Waals surface area (Å²) in [6, 6.07) is 2.19. The molecule has 1 fully saturated rings. The largest absolute Gasteiger partial charge is 0.363 e. The number of aromatic amines is 1. The number of nitrogens with zero attached hydrogens (tertiary/aromatic N) is 1. The molecule has 20 heavy (non-hydrogen) atoms. The van der Waals surface area contributed by atoms with E-state index in [9.17, 15) is 8.42 Å².